The highest BCUT2D eigenvalue weighted by Crippen LogP contribution is 2.28. The van der Waals surface area contributed by atoms with Crippen LogP contribution in [0.2, 0.25) is 0 Å². The van der Waals surface area contributed by atoms with Crippen molar-refractivity contribution >= 4 is 23.6 Å². The molecule has 1 aromatic rings. The molecule has 148 valence electrons. The Kier molecular flexibility index (Phi) is 5.23. The molecule has 2 saturated heterocycles. The van der Waals surface area contributed by atoms with Gasteiger partial charge in [0, 0.05) is 13.0 Å². The van der Waals surface area contributed by atoms with Crippen molar-refractivity contribution in [2.75, 3.05) is 19.6 Å². The molecule has 0 aromatic heterocycles. The lowest BCUT2D eigenvalue weighted by molar-refractivity contribution is -0.136. The highest BCUT2D eigenvalue weighted by molar-refractivity contribution is 6.23. The van der Waals surface area contributed by atoms with Gasteiger partial charge in [-0.05, 0) is 62.5 Å². The number of benzene rings is 1. The molecule has 0 saturated carbocycles. The number of imide groups is 2. The third-order valence-corrected chi connectivity index (χ3v) is 5.73. The highest BCUT2D eigenvalue weighted by atomic mass is 16.2. The topological polar surface area (TPSA) is 108 Å². The van der Waals surface area contributed by atoms with E-state index in [0.717, 1.165) is 36.5 Å². The van der Waals surface area contributed by atoms with Crippen molar-refractivity contribution in [3.05, 3.63) is 34.9 Å². The van der Waals surface area contributed by atoms with Crippen LogP contribution in [0.4, 0.5) is 0 Å². The number of piperidine rings is 1. The maximum atomic E-state index is 12.8. The van der Waals surface area contributed by atoms with Crippen molar-refractivity contribution < 1.29 is 19.2 Å². The molecule has 0 bridgehead atoms. The quantitative estimate of drug-likeness (QED) is 0.477. The smallest absolute Gasteiger partial charge is 0.262 e. The fraction of sp³-hybridized carbons (Fsp3) is 0.500. The van der Waals surface area contributed by atoms with Gasteiger partial charge in [0.1, 0.15) is 6.04 Å². The van der Waals surface area contributed by atoms with Gasteiger partial charge >= 0.3 is 0 Å². The Morgan fingerprint density at radius 3 is 2.64 bits per heavy atom. The molecular formula is C20H24N4O4. The van der Waals surface area contributed by atoms with E-state index in [1.54, 1.807) is 12.1 Å². The highest BCUT2D eigenvalue weighted by Gasteiger charge is 2.44. The summed E-state index contributed by atoms with van der Waals surface area (Å²) in [5.41, 5.74) is 1.57. The number of hydrogen-bond donors (Lipinski definition) is 3. The number of carbonyl (C=O) groups excluding carboxylic acids is 4. The zero-order valence-electron chi connectivity index (χ0n) is 15.6. The van der Waals surface area contributed by atoms with Crippen LogP contribution in [0.5, 0.6) is 0 Å². The first-order valence-corrected chi connectivity index (χ1v) is 9.80. The maximum absolute atomic E-state index is 12.8. The van der Waals surface area contributed by atoms with E-state index in [1.165, 1.54) is 6.42 Å². The van der Waals surface area contributed by atoms with Crippen LogP contribution in [0.15, 0.2) is 18.2 Å². The molecule has 8 heteroatoms. The Hall–Kier alpha value is -2.58. The fourth-order valence-electron chi connectivity index (χ4n) is 4.13. The van der Waals surface area contributed by atoms with Gasteiger partial charge in [-0.2, -0.15) is 0 Å². The van der Waals surface area contributed by atoms with Crippen molar-refractivity contribution in [1.29, 1.82) is 0 Å². The zero-order valence-corrected chi connectivity index (χ0v) is 15.6. The average Bonchev–Trinajstić information content (AvgIpc) is 3.27. The zero-order chi connectivity index (χ0) is 19.7. The summed E-state index contributed by atoms with van der Waals surface area (Å²) >= 11 is 0. The molecule has 1 unspecified atom stereocenters. The average molecular weight is 384 g/mol. The molecule has 28 heavy (non-hydrogen) atoms. The van der Waals surface area contributed by atoms with E-state index in [9.17, 15) is 19.2 Å². The van der Waals surface area contributed by atoms with Crippen molar-refractivity contribution in [2.45, 2.75) is 38.3 Å². The molecule has 1 aromatic carbocycles. The van der Waals surface area contributed by atoms with Gasteiger partial charge in [-0.25, -0.2) is 0 Å². The van der Waals surface area contributed by atoms with Crippen molar-refractivity contribution in [1.82, 2.24) is 20.9 Å². The third-order valence-electron chi connectivity index (χ3n) is 5.73. The lowest BCUT2D eigenvalue weighted by Gasteiger charge is -2.27. The summed E-state index contributed by atoms with van der Waals surface area (Å²) in [5.74, 6) is -1.18. The summed E-state index contributed by atoms with van der Waals surface area (Å²) in [4.78, 5) is 49.9. The Balaban J connectivity index is 1.40. The van der Waals surface area contributed by atoms with Crippen molar-refractivity contribution in [2.24, 2.45) is 5.92 Å². The largest absolute Gasteiger partial charge is 0.316 e. The number of rotatable bonds is 6. The SMILES string of the molecule is O=C1CCC(N2C(=O)c3ccc(CNCC[C@H]4CCNC4)cc3C2=O)C(=O)N1. The molecule has 4 rings (SSSR count). The Bertz CT molecular complexity index is 831. The van der Waals surface area contributed by atoms with Gasteiger partial charge in [-0.1, -0.05) is 6.07 Å². The number of amides is 4. The van der Waals surface area contributed by atoms with Crippen LogP contribution in [-0.2, 0) is 16.1 Å². The van der Waals surface area contributed by atoms with Gasteiger partial charge in [-0.3, -0.25) is 29.4 Å². The molecule has 0 radical (unpaired) electrons. The standard InChI is InChI=1S/C20H24N4O4/c25-17-4-3-16(18(26)23-17)24-19(27)14-2-1-13(9-15(14)20(24)28)11-22-8-6-12-5-7-21-10-12/h1-2,9,12,16,21-22H,3-8,10-11H2,(H,23,25,26)/t12-,16?/m1/s1. The van der Waals surface area contributed by atoms with Crippen LogP contribution in [-0.4, -0.2) is 54.2 Å². The molecule has 4 amide bonds. The lowest BCUT2D eigenvalue weighted by atomic mass is 10.0. The molecular weight excluding hydrogens is 360 g/mol. The van der Waals surface area contributed by atoms with Crippen LogP contribution in [0.1, 0.15) is 52.0 Å². The Labute approximate surface area is 163 Å². The first kappa shape index (κ1) is 18.8. The first-order valence-electron chi connectivity index (χ1n) is 9.80. The fourth-order valence-corrected chi connectivity index (χ4v) is 4.13. The molecule has 2 atom stereocenters. The van der Waals surface area contributed by atoms with E-state index >= 15 is 0 Å². The minimum absolute atomic E-state index is 0.121. The normalized spacial score (nSPS) is 24.6. The van der Waals surface area contributed by atoms with Crippen LogP contribution < -0.4 is 16.0 Å². The second-order valence-electron chi connectivity index (χ2n) is 7.65. The van der Waals surface area contributed by atoms with Crippen molar-refractivity contribution in [3.8, 4) is 0 Å². The number of fused-ring (bicyclic) bond motifs is 1. The van der Waals surface area contributed by atoms with E-state index in [-0.39, 0.29) is 18.7 Å². The van der Waals surface area contributed by atoms with Crippen LogP contribution in [0.25, 0.3) is 0 Å². The van der Waals surface area contributed by atoms with Gasteiger partial charge in [0.2, 0.25) is 11.8 Å². The molecule has 8 nitrogen and oxygen atoms in total. The van der Waals surface area contributed by atoms with Gasteiger partial charge in [-0.15, -0.1) is 0 Å². The van der Waals surface area contributed by atoms with Crippen LogP contribution in [0.3, 0.4) is 0 Å². The maximum Gasteiger partial charge on any atom is 0.262 e. The molecule has 3 aliphatic heterocycles. The minimum Gasteiger partial charge on any atom is -0.316 e. The summed E-state index contributed by atoms with van der Waals surface area (Å²) in [6, 6.07) is 4.29. The van der Waals surface area contributed by atoms with E-state index in [0.29, 0.717) is 23.6 Å². The number of nitrogens with one attached hydrogen (secondary N) is 3. The summed E-state index contributed by atoms with van der Waals surface area (Å²) in [5, 5.41) is 8.95. The molecule has 3 heterocycles. The number of carbonyl (C=O) groups is 4. The summed E-state index contributed by atoms with van der Waals surface area (Å²) in [7, 11) is 0. The van der Waals surface area contributed by atoms with E-state index in [1.807, 2.05) is 6.07 Å². The van der Waals surface area contributed by atoms with Gasteiger partial charge in [0.05, 0.1) is 11.1 Å². The van der Waals surface area contributed by atoms with E-state index < -0.39 is 23.8 Å². The van der Waals surface area contributed by atoms with Crippen LogP contribution in [0, 0.1) is 5.92 Å². The monoisotopic (exact) mass is 384 g/mol. The molecule has 0 aliphatic carbocycles. The van der Waals surface area contributed by atoms with Crippen molar-refractivity contribution in [3.63, 3.8) is 0 Å². The Morgan fingerprint density at radius 2 is 1.89 bits per heavy atom. The number of nitrogens with zero attached hydrogens (tertiary/aromatic N) is 1. The molecule has 2 fully saturated rings. The van der Waals surface area contributed by atoms with Gasteiger partial charge < -0.3 is 10.6 Å². The first-order chi connectivity index (χ1) is 13.5. The van der Waals surface area contributed by atoms with E-state index in [2.05, 4.69) is 16.0 Å². The number of hydrogen-bond acceptors (Lipinski definition) is 6. The second kappa shape index (κ2) is 7.81. The summed E-state index contributed by atoms with van der Waals surface area (Å²) in [6.07, 6.45) is 2.61. The molecule has 3 aliphatic rings. The Morgan fingerprint density at radius 1 is 1.07 bits per heavy atom. The van der Waals surface area contributed by atoms with Gasteiger partial charge in [0.15, 0.2) is 0 Å². The predicted octanol–water partition coefficient (Wildman–Crippen LogP) is 0.177. The predicted molar refractivity (Wildman–Crippen MR) is 100 cm³/mol. The van der Waals surface area contributed by atoms with Crippen LogP contribution >= 0.6 is 0 Å². The third kappa shape index (κ3) is 3.57. The lowest BCUT2D eigenvalue weighted by Crippen LogP contribution is -2.54. The minimum atomic E-state index is -0.924. The second-order valence-corrected chi connectivity index (χ2v) is 7.65. The molecule has 0 spiro atoms. The summed E-state index contributed by atoms with van der Waals surface area (Å²) < 4.78 is 0. The molecule has 3 N–H and O–H groups in total. The van der Waals surface area contributed by atoms with E-state index in [4.69, 9.17) is 0 Å². The van der Waals surface area contributed by atoms with Gasteiger partial charge in [0.25, 0.3) is 11.8 Å². The summed E-state index contributed by atoms with van der Waals surface area (Å²) in [6.45, 7) is 3.69.